The van der Waals surface area contributed by atoms with Crippen LogP contribution < -0.4 is 4.90 Å². The van der Waals surface area contributed by atoms with Crippen LogP contribution in [-0.4, -0.2) is 4.98 Å². The Morgan fingerprint density at radius 3 is 1.14 bits per heavy atom. The first-order valence-corrected chi connectivity index (χ1v) is 21.2. The standard InChI is InChI=1S/C59H38N2O2/c1-3-11-39(12-4-1)41-19-25-48(26-20-41)61(49-27-21-42(22-28-49)40-13-5-2-6-14-40)50-29-32-55(60-38-50)47-34-45(43-23-30-53-51-15-7-9-17-56(51)62-58(53)36-43)33-46(35-47)44-24-31-54-52-16-8-10-18-57(52)63-59(54)37-44/h1-38H. The van der Waals surface area contributed by atoms with E-state index in [0.717, 1.165) is 94.5 Å². The lowest BCUT2D eigenvalue weighted by atomic mass is 9.94. The number of para-hydroxylation sites is 2. The third kappa shape index (κ3) is 6.71. The molecule has 3 heterocycles. The number of benzene rings is 9. The van der Waals surface area contributed by atoms with Gasteiger partial charge in [-0.3, -0.25) is 4.98 Å². The Balaban J connectivity index is 0.962. The number of furan rings is 2. The Hall–Kier alpha value is -8.47. The molecule has 12 aromatic rings. The van der Waals surface area contributed by atoms with E-state index in [2.05, 4.69) is 205 Å². The second kappa shape index (κ2) is 15.2. The fourth-order valence-electron chi connectivity index (χ4n) is 8.92. The Kier molecular flexibility index (Phi) is 8.79. The minimum atomic E-state index is 0.862. The molecular formula is C59H38N2O2. The number of rotatable bonds is 8. The van der Waals surface area contributed by atoms with Crippen LogP contribution >= 0.6 is 0 Å². The molecule has 296 valence electrons. The van der Waals surface area contributed by atoms with Gasteiger partial charge in [0, 0.05) is 38.5 Å². The first-order chi connectivity index (χ1) is 31.2. The van der Waals surface area contributed by atoms with Crippen molar-refractivity contribution in [2.75, 3.05) is 4.90 Å². The predicted octanol–water partition coefficient (Wildman–Crippen LogP) is 16.7. The zero-order valence-corrected chi connectivity index (χ0v) is 34.2. The summed E-state index contributed by atoms with van der Waals surface area (Å²) in [5.74, 6) is 0. The van der Waals surface area contributed by atoms with Crippen molar-refractivity contribution in [3.05, 3.63) is 231 Å². The van der Waals surface area contributed by atoms with Gasteiger partial charge in [-0.25, -0.2) is 0 Å². The summed E-state index contributed by atoms with van der Waals surface area (Å²) in [5.41, 5.74) is 17.4. The summed E-state index contributed by atoms with van der Waals surface area (Å²) in [6, 6.07) is 79.0. The van der Waals surface area contributed by atoms with Crippen molar-refractivity contribution >= 4 is 60.9 Å². The molecule has 0 aliphatic rings. The molecule has 0 radical (unpaired) electrons. The normalized spacial score (nSPS) is 11.5. The third-order valence-electron chi connectivity index (χ3n) is 12.1. The summed E-state index contributed by atoms with van der Waals surface area (Å²) in [7, 11) is 0. The van der Waals surface area contributed by atoms with E-state index in [1.165, 1.54) is 22.3 Å². The Morgan fingerprint density at radius 1 is 0.270 bits per heavy atom. The zero-order chi connectivity index (χ0) is 41.7. The highest BCUT2D eigenvalue weighted by atomic mass is 16.3. The second-order valence-electron chi connectivity index (χ2n) is 16.0. The molecule has 3 aromatic heterocycles. The fraction of sp³-hybridized carbons (Fsp3) is 0. The second-order valence-corrected chi connectivity index (χ2v) is 16.0. The minimum absolute atomic E-state index is 0.862. The van der Waals surface area contributed by atoms with Gasteiger partial charge in [0.05, 0.1) is 17.6 Å². The minimum Gasteiger partial charge on any atom is -0.456 e. The monoisotopic (exact) mass is 806 g/mol. The van der Waals surface area contributed by atoms with Crippen molar-refractivity contribution in [2.45, 2.75) is 0 Å². The maximum Gasteiger partial charge on any atom is 0.136 e. The van der Waals surface area contributed by atoms with Crippen molar-refractivity contribution < 1.29 is 8.83 Å². The summed E-state index contributed by atoms with van der Waals surface area (Å²) in [5, 5.41) is 4.44. The Morgan fingerprint density at radius 2 is 0.667 bits per heavy atom. The topological polar surface area (TPSA) is 42.4 Å². The highest BCUT2D eigenvalue weighted by molar-refractivity contribution is 6.07. The van der Waals surface area contributed by atoms with Gasteiger partial charge in [-0.15, -0.1) is 0 Å². The lowest BCUT2D eigenvalue weighted by Crippen LogP contribution is -2.10. The van der Waals surface area contributed by atoms with Gasteiger partial charge in [-0.1, -0.05) is 133 Å². The average molecular weight is 807 g/mol. The molecule has 4 heteroatoms. The van der Waals surface area contributed by atoms with Gasteiger partial charge in [0.25, 0.3) is 0 Å². The lowest BCUT2D eigenvalue weighted by molar-refractivity contribution is 0.668. The summed E-state index contributed by atoms with van der Waals surface area (Å²) in [4.78, 5) is 7.47. The maximum atomic E-state index is 6.36. The zero-order valence-electron chi connectivity index (χ0n) is 34.2. The molecule has 0 atom stereocenters. The van der Waals surface area contributed by atoms with Crippen LogP contribution in [0.15, 0.2) is 239 Å². The van der Waals surface area contributed by atoms with E-state index in [0.29, 0.717) is 0 Å². The van der Waals surface area contributed by atoms with Gasteiger partial charge in [-0.2, -0.15) is 0 Å². The van der Waals surface area contributed by atoms with Crippen LogP contribution in [-0.2, 0) is 0 Å². The summed E-state index contributed by atoms with van der Waals surface area (Å²) in [6.45, 7) is 0. The first kappa shape index (κ1) is 36.4. The number of nitrogens with zero attached hydrogens (tertiary/aromatic N) is 2. The number of fused-ring (bicyclic) bond motifs is 6. The third-order valence-corrected chi connectivity index (χ3v) is 12.1. The molecule has 0 N–H and O–H groups in total. The van der Waals surface area contributed by atoms with Crippen LogP contribution in [0, 0.1) is 0 Å². The molecule has 9 aromatic carbocycles. The molecule has 0 spiro atoms. The van der Waals surface area contributed by atoms with Crippen molar-refractivity contribution in [3.63, 3.8) is 0 Å². The van der Waals surface area contributed by atoms with E-state index in [1.54, 1.807) is 0 Å². The molecule has 0 aliphatic carbocycles. The van der Waals surface area contributed by atoms with Gasteiger partial charge < -0.3 is 13.7 Å². The van der Waals surface area contributed by atoms with Gasteiger partial charge in [0.1, 0.15) is 22.3 Å². The first-order valence-electron chi connectivity index (χ1n) is 21.2. The van der Waals surface area contributed by atoms with Crippen molar-refractivity contribution in [1.29, 1.82) is 0 Å². The molecule has 63 heavy (non-hydrogen) atoms. The van der Waals surface area contributed by atoms with Gasteiger partial charge in [0.15, 0.2) is 0 Å². The number of anilines is 3. The van der Waals surface area contributed by atoms with Crippen LogP contribution in [0.4, 0.5) is 17.1 Å². The van der Waals surface area contributed by atoms with Crippen LogP contribution in [0.5, 0.6) is 0 Å². The molecule has 0 aliphatic heterocycles. The summed E-state index contributed by atoms with van der Waals surface area (Å²) in [6.07, 6.45) is 1.98. The van der Waals surface area contributed by atoms with E-state index in [-0.39, 0.29) is 0 Å². The molecule has 0 saturated heterocycles. The molecule has 0 bridgehead atoms. The number of aromatic nitrogens is 1. The van der Waals surface area contributed by atoms with E-state index >= 15 is 0 Å². The van der Waals surface area contributed by atoms with Gasteiger partial charge in [0.2, 0.25) is 0 Å². The van der Waals surface area contributed by atoms with E-state index < -0.39 is 0 Å². The van der Waals surface area contributed by atoms with Gasteiger partial charge in [-0.05, 0) is 136 Å². The SMILES string of the molecule is c1ccc(-c2ccc(N(c3ccc(-c4ccccc4)cc3)c3ccc(-c4cc(-c5ccc6c(c5)oc5ccccc56)cc(-c5ccc6c(c5)oc5ccccc56)c4)nc3)cc2)cc1. The van der Waals surface area contributed by atoms with Crippen LogP contribution in [0.2, 0.25) is 0 Å². The van der Waals surface area contributed by atoms with Crippen molar-refractivity contribution in [2.24, 2.45) is 0 Å². The molecule has 0 fully saturated rings. The van der Waals surface area contributed by atoms with E-state index in [9.17, 15) is 0 Å². The molecule has 0 saturated carbocycles. The molecule has 0 amide bonds. The lowest BCUT2D eigenvalue weighted by Gasteiger charge is -2.26. The largest absolute Gasteiger partial charge is 0.456 e. The van der Waals surface area contributed by atoms with E-state index in [1.807, 2.05) is 30.5 Å². The van der Waals surface area contributed by atoms with Crippen LogP contribution in [0.1, 0.15) is 0 Å². The highest BCUT2D eigenvalue weighted by Gasteiger charge is 2.17. The van der Waals surface area contributed by atoms with Gasteiger partial charge >= 0.3 is 0 Å². The van der Waals surface area contributed by atoms with E-state index in [4.69, 9.17) is 13.8 Å². The molecule has 0 unspecified atom stereocenters. The van der Waals surface area contributed by atoms with Crippen molar-refractivity contribution in [3.8, 4) is 55.8 Å². The van der Waals surface area contributed by atoms with Crippen LogP contribution in [0.3, 0.4) is 0 Å². The number of hydrogen-bond donors (Lipinski definition) is 0. The Bertz CT molecular complexity index is 3370. The summed E-state index contributed by atoms with van der Waals surface area (Å²) < 4.78 is 12.7. The van der Waals surface area contributed by atoms with Crippen molar-refractivity contribution in [1.82, 2.24) is 4.98 Å². The maximum absolute atomic E-state index is 6.36. The number of pyridine rings is 1. The highest BCUT2D eigenvalue weighted by Crippen LogP contribution is 2.40. The average Bonchev–Trinajstić information content (AvgIpc) is 3.93. The fourth-order valence-corrected chi connectivity index (χ4v) is 8.92. The van der Waals surface area contributed by atoms with Crippen LogP contribution in [0.25, 0.3) is 99.6 Å². The predicted molar refractivity (Wildman–Crippen MR) is 261 cm³/mol. The Labute approximate surface area is 364 Å². The molecule has 12 rings (SSSR count). The quantitative estimate of drug-likeness (QED) is 0.153. The summed E-state index contributed by atoms with van der Waals surface area (Å²) >= 11 is 0. The molecule has 4 nitrogen and oxygen atoms in total. The smallest absolute Gasteiger partial charge is 0.136 e. The number of hydrogen-bond acceptors (Lipinski definition) is 4. The molecular weight excluding hydrogens is 769 g/mol.